The molecule has 104 valence electrons. The van der Waals surface area contributed by atoms with E-state index in [4.69, 9.17) is 29.6 Å². The summed E-state index contributed by atoms with van der Waals surface area (Å²) in [6, 6.07) is 7.25. The van der Waals surface area contributed by atoms with Gasteiger partial charge >= 0.3 is 0 Å². The maximum Gasteiger partial charge on any atom is 0.150 e. The highest BCUT2D eigenvalue weighted by Gasteiger charge is 2.14. The number of anilines is 2. The highest BCUT2D eigenvalue weighted by atomic mass is 127. The van der Waals surface area contributed by atoms with E-state index in [0.29, 0.717) is 10.7 Å². The third kappa shape index (κ3) is 3.36. The second-order valence-corrected chi connectivity index (χ2v) is 6.02. The van der Waals surface area contributed by atoms with Crippen molar-refractivity contribution >= 4 is 62.8 Å². The number of hydrogen-bond donors (Lipinski definition) is 2. The fourth-order valence-electron chi connectivity index (χ4n) is 1.56. The minimum atomic E-state index is -0.789. The molecule has 0 atom stereocenters. The SMILES string of the molecule is NC(=S)c1cc(F)c(Nc2ccc(I)cc2Cl)c(F)c1. The van der Waals surface area contributed by atoms with Crippen LogP contribution in [-0.4, -0.2) is 4.99 Å². The second-order valence-electron chi connectivity index (χ2n) is 3.93. The van der Waals surface area contributed by atoms with Gasteiger partial charge in [-0.2, -0.15) is 0 Å². The van der Waals surface area contributed by atoms with Crippen LogP contribution in [-0.2, 0) is 0 Å². The molecule has 0 fully saturated rings. The first-order valence-corrected chi connectivity index (χ1v) is 7.26. The minimum absolute atomic E-state index is 0.0679. The number of nitrogens with one attached hydrogen (secondary N) is 1. The normalized spacial score (nSPS) is 10.4. The van der Waals surface area contributed by atoms with Crippen LogP contribution in [0, 0.1) is 15.2 Å². The highest BCUT2D eigenvalue weighted by molar-refractivity contribution is 14.1. The molecular weight excluding hydrogens is 417 g/mol. The molecule has 20 heavy (non-hydrogen) atoms. The van der Waals surface area contributed by atoms with Crippen LogP contribution in [0.25, 0.3) is 0 Å². The molecule has 0 unspecified atom stereocenters. The summed E-state index contributed by atoms with van der Waals surface area (Å²) in [5, 5.41) is 3.00. The fraction of sp³-hybridized carbons (Fsp3) is 0. The Morgan fingerprint density at radius 3 is 2.30 bits per heavy atom. The van der Waals surface area contributed by atoms with Crippen molar-refractivity contribution in [3.63, 3.8) is 0 Å². The Bertz CT molecular complexity index is 671. The topological polar surface area (TPSA) is 38.0 Å². The van der Waals surface area contributed by atoms with Crippen LogP contribution in [0.5, 0.6) is 0 Å². The van der Waals surface area contributed by atoms with E-state index >= 15 is 0 Å². The van der Waals surface area contributed by atoms with E-state index in [-0.39, 0.29) is 16.2 Å². The van der Waals surface area contributed by atoms with Gasteiger partial charge in [-0.25, -0.2) is 8.78 Å². The molecule has 0 aromatic heterocycles. The van der Waals surface area contributed by atoms with E-state index in [9.17, 15) is 8.78 Å². The van der Waals surface area contributed by atoms with Gasteiger partial charge in [0.15, 0.2) is 0 Å². The molecule has 0 aliphatic heterocycles. The van der Waals surface area contributed by atoms with E-state index in [2.05, 4.69) is 27.9 Å². The lowest BCUT2D eigenvalue weighted by Crippen LogP contribution is -2.11. The third-order valence-electron chi connectivity index (χ3n) is 2.52. The Morgan fingerprint density at radius 2 is 1.80 bits per heavy atom. The van der Waals surface area contributed by atoms with Gasteiger partial charge in [0.05, 0.1) is 10.7 Å². The Labute approximate surface area is 138 Å². The van der Waals surface area contributed by atoms with Gasteiger partial charge in [-0.15, -0.1) is 0 Å². The zero-order valence-electron chi connectivity index (χ0n) is 9.88. The molecule has 0 bridgehead atoms. The molecular formula is C13H8ClF2IN2S. The van der Waals surface area contributed by atoms with Gasteiger partial charge in [0.2, 0.25) is 0 Å². The van der Waals surface area contributed by atoms with Gasteiger partial charge in [-0.05, 0) is 52.9 Å². The summed E-state index contributed by atoms with van der Waals surface area (Å²) in [6.45, 7) is 0. The average molecular weight is 425 g/mol. The zero-order chi connectivity index (χ0) is 14.9. The third-order valence-corrected chi connectivity index (χ3v) is 3.74. The van der Waals surface area contributed by atoms with Crippen molar-refractivity contribution in [2.75, 3.05) is 5.32 Å². The predicted molar refractivity (Wildman–Crippen MR) is 89.7 cm³/mol. The molecule has 0 saturated carbocycles. The molecule has 0 heterocycles. The van der Waals surface area contributed by atoms with Crippen LogP contribution in [0.1, 0.15) is 5.56 Å². The van der Waals surface area contributed by atoms with Crippen LogP contribution in [0.15, 0.2) is 30.3 Å². The number of hydrogen-bond acceptors (Lipinski definition) is 2. The van der Waals surface area contributed by atoms with Crippen molar-refractivity contribution in [2.45, 2.75) is 0 Å². The fourth-order valence-corrected chi connectivity index (χ4v) is 2.58. The van der Waals surface area contributed by atoms with Crippen molar-refractivity contribution < 1.29 is 8.78 Å². The standard InChI is InChI=1S/C13H8ClF2IN2S/c14-8-5-7(17)1-2-11(8)19-12-9(15)3-6(13(18)20)4-10(12)16/h1-5,19H,(H2,18,20). The average Bonchev–Trinajstić information content (AvgIpc) is 2.35. The van der Waals surface area contributed by atoms with Gasteiger partial charge in [-0.3, -0.25) is 0 Å². The summed E-state index contributed by atoms with van der Waals surface area (Å²) in [5.74, 6) is -1.58. The molecule has 0 radical (unpaired) electrons. The Kier molecular flexibility index (Phi) is 4.77. The summed E-state index contributed by atoms with van der Waals surface area (Å²) >= 11 is 12.8. The molecule has 2 rings (SSSR count). The second kappa shape index (κ2) is 6.19. The van der Waals surface area contributed by atoms with E-state index in [0.717, 1.165) is 15.7 Å². The van der Waals surface area contributed by atoms with Crippen molar-refractivity contribution in [3.8, 4) is 0 Å². The first-order valence-electron chi connectivity index (χ1n) is 5.39. The van der Waals surface area contributed by atoms with Crippen molar-refractivity contribution in [1.29, 1.82) is 0 Å². The smallest absolute Gasteiger partial charge is 0.150 e. The number of nitrogens with two attached hydrogens (primary N) is 1. The highest BCUT2D eigenvalue weighted by Crippen LogP contribution is 2.30. The summed E-state index contributed by atoms with van der Waals surface area (Å²) in [6.07, 6.45) is 0. The maximum absolute atomic E-state index is 13.9. The number of halogens is 4. The van der Waals surface area contributed by atoms with Crippen LogP contribution in [0.3, 0.4) is 0 Å². The molecule has 2 nitrogen and oxygen atoms in total. The molecule has 0 saturated heterocycles. The van der Waals surface area contributed by atoms with Crippen LogP contribution >= 0.6 is 46.4 Å². The zero-order valence-corrected chi connectivity index (χ0v) is 13.6. The van der Waals surface area contributed by atoms with Crippen molar-refractivity contribution in [2.24, 2.45) is 5.73 Å². The largest absolute Gasteiger partial charge is 0.389 e. The number of rotatable bonds is 3. The predicted octanol–water partition coefficient (Wildman–Crippen LogP) is 4.60. The molecule has 7 heteroatoms. The molecule has 0 aliphatic rings. The van der Waals surface area contributed by atoms with Crippen LogP contribution in [0.4, 0.5) is 20.2 Å². The van der Waals surface area contributed by atoms with Gasteiger partial charge in [0.25, 0.3) is 0 Å². The quantitative estimate of drug-likeness (QED) is 0.559. The number of benzene rings is 2. The van der Waals surface area contributed by atoms with E-state index < -0.39 is 11.6 Å². The lowest BCUT2D eigenvalue weighted by molar-refractivity contribution is 0.590. The molecule has 0 spiro atoms. The Hall–Kier alpha value is -0.990. The lowest BCUT2D eigenvalue weighted by atomic mass is 10.1. The first kappa shape index (κ1) is 15.4. The molecule has 3 N–H and O–H groups in total. The van der Waals surface area contributed by atoms with Crippen LogP contribution in [0.2, 0.25) is 5.02 Å². The van der Waals surface area contributed by atoms with Crippen molar-refractivity contribution in [3.05, 3.63) is 56.1 Å². The van der Waals surface area contributed by atoms with E-state index in [1.807, 2.05) is 0 Å². The first-order chi connectivity index (χ1) is 9.38. The minimum Gasteiger partial charge on any atom is -0.389 e. The monoisotopic (exact) mass is 424 g/mol. The van der Waals surface area contributed by atoms with Crippen LogP contribution < -0.4 is 11.1 Å². The Balaban J connectivity index is 2.41. The summed E-state index contributed by atoms with van der Waals surface area (Å²) in [7, 11) is 0. The van der Waals surface area contributed by atoms with Gasteiger partial charge < -0.3 is 11.1 Å². The van der Waals surface area contributed by atoms with Gasteiger partial charge in [0, 0.05) is 9.13 Å². The van der Waals surface area contributed by atoms with E-state index in [1.165, 1.54) is 0 Å². The summed E-state index contributed by atoms with van der Waals surface area (Å²) in [5.41, 5.74) is 5.60. The molecule has 0 aliphatic carbocycles. The number of thiocarbonyl (C=S) groups is 1. The van der Waals surface area contributed by atoms with E-state index in [1.54, 1.807) is 18.2 Å². The summed E-state index contributed by atoms with van der Waals surface area (Å²) < 4.78 is 28.7. The van der Waals surface area contributed by atoms with Gasteiger partial charge in [-0.1, -0.05) is 23.8 Å². The molecule has 0 amide bonds. The molecule has 2 aromatic rings. The van der Waals surface area contributed by atoms with Crippen molar-refractivity contribution in [1.82, 2.24) is 0 Å². The Morgan fingerprint density at radius 1 is 1.20 bits per heavy atom. The lowest BCUT2D eigenvalue weighted by Gasteiger charge is -2.12. The maximum atomic E-state index is 13.9. The molecule has 2 aromatic carbocycles. The van der Waals surface area contributed by atoms with Gasteiger partial charge in [0.1, 0.15) is 22.3 Å². The summed E-state index contributed by atoms with van der Waals surface area (Å²) in [4.78, 5) is -0.0679.